The molecule has 43 heavy (non-hydrogen) atoms. The molecule has 0 saturated heterocycles. The highest BCUT2D eigenvalue weighted by atomic mass is 32.1. The number of hydrogen-bond donors (Lipinski definition) is 2. The van der Waals surface area contributed by atoms with E-state index in [1.54, 1.807) is 0 Å². The molecule has 0 spiro atoms. The van der Waals surface area contributed by atoms with E-state index in [0.29, 0.717) is 5.71 Å². The zero-order chi connectivity index (χ0) is 28.2. The molecule has 1 atom stereocenters. The molecule has 0 bridgehead atoms. The van der Waals surface area contributed by atoms with Crippen LogP contribution in [0.1, 0.15) is 0 Å². The third kappa shape index (κ3) is 3.21. The number of anilines is 1. The summed E-state index contributed by atoms with van der Waals surface area (Å²) in [6, 6.07) is 33.5. The number of aromatic nitrogens is 1. The second kappa shape index (κ2) is 8.54. The molecule has 0 fully saturated rings. The number of fused-ring (bicyclic) bond motifs is 10. The summed E-state index contributed by atoms with van der Waals surface area (Å²) in [5.74, 6) is 0. The molecule has 9 aromatic rings. The van der Waals surface area contributed by atoms with Gasteiger partial charge >= 0.3 is 0 Å². The van der Waals surface area contributed by atoms with Gasteiger partial charge in [0, 0.05) is 62.7 Å². The van der Waals surface area contributed by atoms with Gasteiger partial charge in [-0.1, -0.05) is 78.9 Å². The fourth-order valence-corrected chi connectivity index (χ4v) is 9.48. The quantitative estimate of drug-likeness (QED) is 0.213. The Hall–Kier alpha value is -4.97. The van der Waals surface area contributed by atoms with Crippen LogP contribution in [0, 0.1) is 5.41 Å². The Bertz CT molecular complexity index is 2680. The van der Waals surface area contributed by atoms with Crippen LogP contribution in [0.3, 0.4) is 0 Å². The largest absolute Gasteiger partial charge is 0.372 e. The maximum absolute atomic E-state index is 8.48. The fourth-order valence-electron chi connectivity index (χ4n) is 7.09. The third-order valence-electron chi connectivity index (χ3n) is 9.01. The smallest absolute Gasteiger partial charge is 0.0866 e. The minimum Gasteiger partial charge on any atom is -0.372 e. The van der Waals surface area contributed by atoms with E-state index in [9.17, 15) is 0 Å². The van der Waals surface area contributed by atoms with Crippen molar-refractivity contribution in [1.29, 1.82) is 5.41 Å². The number of nitrogens with one attached hydrogen (secondary N) is 2. The Morgan fingerprint density at radius 3 is 2.37 bits per heavy atom. The molecule has 3 nitrogen and oxygen atoms in total. The molecule has 2 N–H and O–H groups in total. The Labute approximate surface area is 254 Å². The number of rotatable bonds is 3. The molecule has 1 unspecified atom stereocenters. The van der Waals surface area contributed by atoms with Gasteiger partial charge in [-0.25, -0.2) is 0 Å². The van der Waals surface area contributed by atoms with Gasteiger partial charge in [-0.05, 0) is 47.5 Å². The van der Waals surface area contributed by atoms with Gasteiger partial charge in [-0.3, -0.25) is 0 Å². The first-order valence-corrected chi connectivity index (χ1v) is 16.1. The van der Waals surface area contributed by atoms with Crippen molar-refractivity contribution in [2.75, 3.05) is 5.32 Å². The number of thiophene rings is 2. The van der Waals surface area contributed by atoms with Crippen molar-refractivity contribution in [2.45, 2.75) is 6.04 Å². The number of benzene rings is 5. The molecule has 5 aromatic carbocycles. The van der Waals surface area contributed by atoms with E-state index >= 15 is 0 Å². The lowest BCUT2D eigenvalue weighted by Gasteiger charge is -2.17. The predicted molar refractivity (Wildman–Crippen MR) is 188 cm³/mol. The van der Waals surface area contributed by atoms with Crippen LogP contribution in [0.5, 0.6) is 0 Å². The minimum absolute atomic E-state index is 0.145. The van der Waals surface area contributed by atoms with E-state index in [1.165, 1.54) is 78.7 Å². The lowest BCUT2D eigenvalue weighted by atomic mass is 9.98. The number of allylic oxidation sites excluding steroid dienone is 2. The Morgan fingerprint density at radius 1 is 0.674 bits per heavy atom. The molecule has 4 aromatic heterocycles. The number of nitrogens with zero attached hydrogens (tertiary/aromatic N) is 1. The van der Waals surface area contributed by atoms with Gasteiger partial charge < -0.3 is 15.1 Å². The molecule has 4 heterocycles. The lowest BCUT2D eigenvalue weighted by Crippen LogP contribution is -2.26. The van der Waals surface area contributed by atoms with Crippen molar-refractivity contribution in [1.82, 2.24) is 4.40 Å². The van der Waals surface area contributed by atoms with Gasteiger partial charge in [0.1, 0.15) is 0 Å². The predicted octanol–water partition coefficient (Wildman–Crippen LogP) is 11.0. The average Bonchev–Trinajstić information content (AvgIpc) is 3.78. The maximum atomic E-state index is 8.48. The van der Waals surface area contributed by atoms with Crippen LogP contribution < -0.4 is 5.32 Å². The van der Waals surface area contributed by atoms with Crippen molar-refractivity contribution < 1.29 is 0 Å². The fraction of sp³-hybridized carbons (Fsp3) is 0.0263. The molecule has 202 valence electrons. The molecule has 0 saturated carbocycles. The van der Waals surface area contributed by atoms with Crippen molar-refractivity contribution >= 4 is 102 Å². The molecule has 0 radical (unpaired) electrons. The van der Waals surface area contributed by atoms with E-state index in [2.05, 4.69) is 113 Å². The monoisotopic (exact) mass is 585 g/mol. The molecule has 1 aliphatic rings. The Morgan fingerprint density at radius 2 is 1.49 bits per heavy atom. The van der Waals surface area contributed by atoms with Gasteiger partial charge in [0.05, 0.1) is 28.5 Å². The second-order valence-electron chi connectivity index (χ2n) is 11.4. The van der Waals surface area contributed by atoms with Crippen molar-refractivity contribution in [3.63, 3.8) is 0 Å². The highest BCUT2D eigenvalue weighted by Gasteiger charge is 2.23. The molecular weight excluding hydrogens is 563 g/mol. The van der Waals surface area contributed by atoms with Crippen LogP contribution in [-0.2, 0) is 0 Å². The normalized spacial score (nSPS) is 15.5. The molecule has 5 heteroatoms. The van der Waals surface area contributed by atoms with Crippen LogP contribution >= 0.6 is 22.7 Å². The van der Waals surface area contributed by atoms with E-state index in [1.807, 2.05) is 40.9 Å². The van der Waals surface area contributed by atoms with E-state index < -0.39 is 0 Å². The first kappa shape index (κ1) is 23.6. The van der Waals surface area contributed by atoms with Gasteiger partial charge in [-0.15, -0.1) is 22.7 Å². The average molecular weight is 586 g/mol. The molecule has 1 aliphatic carbocycles. The number of hydrogen-bond acceptors (Lipinski definition) is 4. The van der Waals surface area contributed by atoms with Crippen molar-refractivity contribution in [3.8, 4) is 11.1 Å². The summed E-state index contributed by atoms with van der Waals surface area (Å²) in [7, 11) is 0. The van der Waals surface area contributed by atoms with Gasteiger partial charge in [-0.2, -0.15) is 0 Å². The first-order valence-electron chi connectivity index (χ1n) is 14.5. The summed E-state index contributed by atoms with van der Waals surface area (Å²) in [4.78, 5) is 0. The molecule has 0 aliphatic heterocycles. The summed E-state index contributed by atoms with van der Waals surface area (Å²) in [5.41, 5.74) is 6.62. The van der Waals surface area contributed by atoms with Crippen LogP contribution in [0.4, 0.5) is 5.69 Å². The summed E-state index contributed by atoms with van der Waals surface area (Å²) < 4.78 is 7.64. The summed E-state index contributed by atoms with van der Waals surface area (Å²) in [5, 5.41) is 21.3. The highest BCUT2D eigenvalue weighted by molar-refractivity contribution is 7.26. The van der Waals surface area contributed by atoms with Crippen molar-refractivity contribution in [3.05, 3.63) is 121 Å². The molecule has 0 amide bonds. The molecule has 10 rings (SSSR count). The van der Waals surface area contributed by atoms with Crippen LogP contribution in [0.15, 0.2) is 121 Å². The van der Waals surface area contributed by atoms with Gasteiger partial charge in [0.2, 0.25) is 0 Å². The first-order chi connectivity index (χ1) is 21.2. The summed E-state index contributed by atoms with van der Waals surface area (Å²) in [6.07, 6.45) is 10.1. The summed E-state index contributed by atoms with van der Waals surface area (Å²) in [6.45, 7) is 0. The topological polar surface area (TPSA) is 40.3 Å². The minimum atomic E-state index is -0.145. The van der Waals surface area contributed by atoms with Crippen LogP contribution in [0.25, 0.3) is 78.7 Å². The highest BCUT2D eigenvalue weighted by Crippen LogP contribution is 2.48. The van der Waals surface area contributed by atoms with Crippen LogP contribution in [-0.4, -0.2) is 16.2 Å². The van der Waals surface area contributed by atoms with Crippen LogP contribution in [0.2, 0.25) is 0 Å². The van der Waals surface area contributed by atoms with E-state index in [4.69, 9.17) is 5.41 Å². The summed E-state index contributed by atoms with van der Waals surface area (Å²) >= 11 is 3.75. The van der Waals surface area contributed by atoms with Crippen molar-refractivity contribution in [2.24, 2.45) is 0 Å². The SMILES string of the molecule is N=C1C=CC=CC1Nc1cn2c3ccc(-c4cccc5c4sc4ccccc45)cc3c3c4c(cc1c32)sc1ccccc14. The maximum Gasteiger partial charge on any atom is 0.0866 e. The van der Waals surface area contributed by atoms with Gasteiger partial charge in [0.15, 0.2) is 0 Å². The Balaban J connectivity index is 1.29. The lowest BCUT2D eigenvalue weighted by molar-refractivity contribution is 1.14. The standard InChI is InChI=1S/C38H23N3S2/c39-28-12-3-4-13-29(28)40-30-20-41-31-17-16-21(22-10-7-11-24-23-8-1-5-14-32(23)43-38(22)24)18-27(31)36-35-25-9-2-6-15-33(25)42-34(35)19-26(30)37(36)41/h1-20,29,39-40H. The second-order valence-corrected chi connectivity index (χ2v) is 13.5. The Kier molecular flexibility index (Phi) is 4.68. The van der Waals surface area contributed by atoms with E-state index in [0.717, 1.165) is 5.69 Å². The van der Waals surface area contributed by atoms with E-state index in [-0.39, 0.29) is 6.04 Å². The zero-order valence-electron chi connectivity index (χ0n) is 22.9. The zero-order valence-corrected chi connectivity index (χ0v) is 24.5. The van der Waals surface area contributed by atoms with Gasteiger partial charge in [0.25, 0.3) is 0 Å². The third-order valence-corrected chi connectivity index (χ3v) is 11.3. The molecular formula is C38H23N3S2.